The largest absolute Gasteiger partial charge is 0.344 e. The van der Waals surface area contributed by atoms with Crippen LogP contribution in [0, 0.1) is 12.3 Å². The fourth-order valence-electron chi connectivity index (χ4n) is 1.75. The Bertz CT molecular complexity index is 245. The third-order valence-electron chi connectivity index (χ3n) is 2.78. The maximum Gasteiger partial charge on any atom is 0.237 e. The second-order valence-electron chi connectivity index (χ2n) is 4.56. The zero-order chi connectivity index (χ0) is 13.1. The van der Waals surface area contributed by atoms with Crippen LogP contribution in [0.1, 0.15) is 52.9 Å². The first-order valence-corrected chi connectivity index (χ1v) is 6.59. The van der Waals surface area contributed by atoms with Crippen LogP contribution in [0.4, 0.5) is 0 Å². The van der Waals surface area contributed by atoms with E-state index in [0.717, 1.165) is 6.42 Å². The molecular weight excluding hydrogens is 212 g/mol. The first kappa shape index (κ1) is 16.0. The van der Waals surface area contributed by atoms with Crippen molar-refractivity contribution in [1.82, 2.24) is 10.6 Å². The summed E-state index contributed by atoms with van der Waals surface area (Å²) in [6, 6.07) is 0.197. The summed E-state index contributed by atoms with van der Waals surface area (Å²) in [6.45, 7) is 6.50. The summed E-state index contributed by atoms with van der Waals surface area (Å²) < 4.78 is 0. The van der Waals surface area contributed by atoms with Gasteiger partial charge in [0.25, 0.3) is 0 Å². The van der Waals surface area contributed by atoms with Crippen LogP contribution in [0.3, 0.4) is 0 Å². The Labute approximate surface area is 106 Å². The lowest BCUT2D eigenvalue weighted by atomic mass is 10.1. The molecule has 3 nitrogen and oxygen atoms in total. The Balaban J connectivity index is 3.68. The average molecular weight is 238 g/mol. The normalized spacial score (nSPS) is 13.8. The quantitative estimate of drug-likeness (QED) is 0.477. The Kier molecular flexibility index (Phi) is 9.56. The van der Waals surface area contributed by atoms with E-state index in [2.05, 4.69) is 30.4 Å². The molecule has 0 bridgehead atoms. The Morgan fingerprint density at radius 2 is 2.00 bits per heavy atom. The summed E-state index contributed by atoms with van der Waals surface area (Å²) in [5, 5.41) is 5.96. The number of hydrogen-bond acceptors (Lipinski definition) is 2. The highest BCUT2D eigenvalue weighted by molar-refractivity contribution is 5.81. The number of terminal acetylenes is 1. The standard InChI is InChI=1S/C14H26N2O/c1-5-7-8-9-10-12(3)16-13(4)14(17)15-11-6-2/h2,12-13,16H,5,7-11H2,1,3-4H3,(H,15,17). The van der Waals surface area contributed by atoms with E-state index in [1.54, 1.807) is 0 Å². The van der Waals surface area contributed by atoms with Gasteiger partial charge in [-0.1, -0.05) is 38.5 Å². The van der Waals surface area contributed by atoms with Gasteiger partial charge < -0.3 is 10.6 Å². The van der Waals surface area contributed by atoms with Gasteiger partial charge >= 0.3 is 0 Å². The monoisotopic (exact) mass is 238 g/mol. The zero-order valence-electron chi connectivity index (χ0n) is 11.4. The van der Waals surface area contributed by atoms with Crippen molar-refractivity contribution in [2.45, 2.75) is 65.0 Å². The molecule has 0 saturated heterocycles. The minimum Gasteiger partial charge on any atom is -0.344 e. The van der Waals surface area contributed by atoms with E-state index in [9.17, 15) is 4.79 Å². The number of amides is 1. The van der Waals surface area contributed by atoms with E-state index in [0.29, 0.717) is 12.6 Å². The number of carbonyl (C=O) groups excluding carboxylic acids is 1. The highest BCUT2D eigenvalue weighted by Gasteiger charge is 2.13. The fourth-order valence-corrected chi connectivity index (χ4v) is 1.75. The molecule has 0 aromatic rings. The third kappa shape index (κ3) is 8.76. The van der Waals surface area contributed by atoms with E-state index in [1.165, 1.54) is 25.7 Å². The van der Waals surface area contributed by atoms with E-state index in [4.69, 9.17) is 6.42 Å². The van der Waals surface area contributed by atoms with Gasteiger partial charge in [0.05, 0.1) is 12.6 Å². The Morgan fingerprint density at radius 1 is 1.29 bits per heavy atom. The van der Waals surface area contributed by atoms with Gasteiger partial charge in [0.15, 0.2) is 0 Å². The van der Waals surface area contributed by atoms with Crippen LogP contribution >= 0.6 is 0 Å². The lowest BCUT2D eigenvalue weighted by molar-refractivity contribution is -0.122. The number of unbranched alkanes of at least 4 members (excludes halogenated alkanes) is 3. The van der Waals surface area contributed by atoms with Crippen LogP contribution in [0.25, 0.3) is 0 Å². The van der Waals surface area contributed by atoms with Crippen molar-refractivity contribution in [2.75, 3.05) is 6.54 Å². The van der Waals surface area contributed by atoms with Crippen LogP contribution in [0.15, 0.2) is 0 Å². The lowest BCUT2D eigenvalue weighted by Crippen LogP contribution is -2.45. The average Bonchev–Trinajstić information content (AvgIpc) is 2.31. The van der Waals surface area contributed by atoms with Crippen LogP contribution in [-0.4, -0.2) is 24.5 Å². The molecule has 0 heterocycles. The zero-order valence-corrected chi connectivity index (χ0v) is 11.4. The molecule has 0 aliphatic heterocycles. The van der Waals surface area contributed by atoms with Crippen molar-refractivity contribution < 1.29 is 4.79 Å². The summed E-state index contributed by atoms with van der Waals surface area (Å²) in [4.78, 5) is 11.5. The summed E-state index contributed by atoms with van der Waals surface area (Å²) in [6.07, 6.45) is 11.3. The van der Waals surface area contributed by atoms with Gasteiger partial charge in [0.2, 0.25) is 5.91 Å². The number of carbonyl (C=O) groups is 1. The number of rotatable bonds is 9. The number of nitrogens with one attached hydrogen (secondary N) is 2. The molecule has 0 aromatic carbocycles. The van der Waals surface area contributed by atoms with Crippen molar-refractivity contribution in [2.24, 2.45) is 0 Å². The van der Waals surface area contributed by atoms with Crippen LogP contribution in [0.5, 0.6) is 0 Å². The minimum atomic E-state index is -0.176. The molecule has 0 aromatic heterocycles. The second kappa shape index (κ2) is 10.2. The maximum atomic E-state index is 11.5. The van der Waals surface area contributed by atoms with Crippen LogP contribution < -0.4 is 10.6 Å². The number of hydrogen-bond donors (Lipinski definition) is 2. The van der Waals surface area contributed by atoms with Crippen molar-refractivity contribution in [3.05, 3.63) is 0 Å². The minimum absolute atomic E-state index is 0.0247. The summed E-state index contributed by atoms with van der Waals surface area (Å²) in [5.41, 5.74) is 0. The molecule has 0 rings (SSSR count). The second-order valence-corrected chi connectivity index (χ2v) is 4.56. The molecule has 2 N–H and O–H groups in total. The van der Waals surface area contributed by atoms with Gasteiger partial charge in [0, 0.05) is 6.04 Å². The SMILES string of the molecule is C#CCNC(=O)C(C)NC(C)CCCCCC. The topological polar surface area (TPSA) is 41.1 Å². The molecule has 0 spiro atoms. The molecule has 17 heavy (non-hydrogen) atoms. The molecule has 0 aliphatic carbocycles. The highest BCUT2D eigenvalue weighted by Crippen LogP contribution is 2.05. The summed E-state index contributed by atoms with van der Waals surface area (Å²) in [7, 11) is 0. The molecule has 1 amide bonds. The molecule has 2 atom stereocenters. The van der Waals surface area contributed by atoms with Gasteiger partial charge in [-0.05, 0) is 20.3 Å². The molecular formula is C14H26N2O. The van der Waals surface area contributed by atoms with Crippen LogP contribution in [-0.2, 0) is 4.79 Å². The summed E-state index contributed by atoms with van der Waals surface area (Å²) >= 11 is 0. The molecule has 3 heteroatoms. The van der Waals surface area contributed by atoms with E-state index < -0.39 is 0 Å². The summed E-state index contributed by atoms with van der Waals surface area (Å²) in [5.74, 6) is 2.37. The van der Waals surface area contributed by atoms with E-state index in [1.807, 2.05) is 6.92 Å². The fraction of sp³-hybridized carbons (Fsp3) is 0.786. The van der Waals surface area contributed by atoms with Gasteiger partial charge in [0.1, 0.15) is 0 Å². The molecule has 98 valence electrons. The first-order chi connectivity index (χ1) is 8.11. The van der Waals surface area contributed by atoms with E-state index >= 15 is 0 Å². The van der Waals surface area contributed by atoms with Crippen molar-refractivity contribution in [3.63, 3.8) is 0 Å². The molecule has 0 aliphatic rings. The van der Waals surface area contributed by atoms with Gasteiger partial charge in [-0.25, -0.2) is 0 Å². The predicted molar refractivity (Wildman–Crippen MR) is 72.7 cm³/mol. The predicted octanol–water partition coefficient (Wildman–Crippen LogP) is 2.07. The van der Waals surface area contributed by atoms with Gasteiger partial charge in [-0.15, -0.1) is 6.42 Å². The first-order valence-electron chi connectivity index (χ1n) is 6.59. The Morgan fingerprint density at radius 3 is 2.59 bits per heavy atom. The molecule has 0 fully saturated rings. The maximum absolute atomic E-state index is 11.5. The lowest BCUT2D eigenvalue weighted by Gasteiger charge is -2.19. The highest BCUT2D eigenvalue weighted by atomic mass is 16.2. The molecule has 0 radical (unpaired) electrons. The molecule has 0 saturated carbocycles. The van der Waals surface area contributed by atoms with Crippen molar-refractivity contribution in [1.29, 1.82) is 0 Å². The molecule has 2 unspecified atom stereocenters. The third-order valence-corrected chi connectivity index (χ3v) is 2.78. The van der Waals surface area contributed by atoms with Gasteiger partial charge in [-0.2, -0.15) is 0 Å². The smallest absolute Gasteiger partial charge is 0.237 e. The van der Waals surface area contributed by atoms with Crippen LogP contribution in [0.2, 0.25) is 0 Å². The Hall–Kier alpha value is -1.01. The van der Waals surface area contributed by atoms with E-state index in [-0.39, 0.29) is 11.9 Å². The van der Waals surface area contributed by atoms with Crippen molar-refractivity contribution in [3.8, 4) is 12.3 Å². The van der Waals surface area contributed by atoms with Gasteiger partial charge in [-0.3, -0.25) is 4.79 Å². The van der Waals surface area contributed by atoms with Crippen molar-refractivity contribution >= 4 is 5.91 Å².